The van der Waals surface area contributed by atoms with Crippen LogP contribution in [0, 0.1) is 12.3 Å². The number of oxazole rings is 1. The summed E-state index contributed by atoms with van der Waals surface area (Å²) in [6, 6.07) is 0. The van der Waals surface area contributed by atoms with E-state index in [0.717, 1.165) is 25.7 Å². The van der Waals surface area contributed by atoms with E-state index in [1.54, 1.807) is 13.1 Å². The Labute approximate surface area is 114 Å². The number of aryl methyl sites for hydroxylation is 1. The van der Waals surface area contributed by atoms with Gasteiger partial charge in [-0.05, 0) is 18.3 Å². The third kappa shape index (κ3) is 4.31. The Kier molecular flexibility index (Phi) is 4.30. The fourth-order valence-electron chi connectivity index (χ4n) is 2.73. The van der Waals surface area contributed by atoms with Gasteiger partial charge in [-0.2, -0.15) is 0 Å². The Balaban J connectivity index is 1.91. The number of nitrogens with one attached hydrogen (secondary N) is 1. The minimum Gasteiger partial charge on any atom is -0.445 e. The van der Waals surface area contributed by atoms with Crippen LogP contribution in [-0.2, 0) is 16.6 Å². The van der Waals surface area contributed by atoms with Crippen molar-refractivity contribution in [3.8, 4) is 0 Å². The van der Waals surface area contributed by atoms with Crippen LogP contribution in [0.4, 0.5) is 0 Å². The molecule has 0 radical (unpaired) electrons. The molecule has 19 heavy (non-hydrogen) atoms. The molecule has 0 aromatic carbocycles. The standard InChI is InChI=1S/C13H22N2O3S/c1-11-14-8-12(18-11)9-15-19(16,17)10-13(2)6-4-3-5-7-13/h8,15H,3-7,9-10H2,1-2H3. The summed E-state index contributed by atoms with van der Waals surface area (Å²) in [6.45, 7) is 3.99. The van der Waals surface area contributed by atoms with Gasteiger partial charge in [0.25, 0.3) is 0 Å². The molecule has 1 fully saturated rings. The molecule has 0 saturated heterocycles. The third-order valence-corrected chi connectivity index (χ3v) is 5.40. The first kappa shape index (κ1) is 14.5. The minimum atomic E-state index is -3.27. The maximum absolute atomic E-state index is 12.1. The smallest absolute Gasteiger partial charge is 0.212 e. The van der Waals surface area contributed by atoms with Gasteiger partial charge in [0, 0.05) is 6.92 Å². The predicted molar refractivity (Wildman–Crippen MR) is 73.1 cm³/mol. The van der Waals surface area contributed by atoms with Crippen molar-refractivity contribution >= 4 is 10.0 Å². The summed E-state index contributed by atoms with van der Waals surface area (Å²) >= 11 is 0. The molecule has 1 aliphatic rings. The number of aromatic nitrogens is 1. The summed E-state index contributed by atoms with van der Waals surface area (Å²) < 4.78 is 32.1. The van der Waals surface area contributed by atoms with Gasteiger partial charge in [-0.15, -0.1) is 0 Å². The molecule has 2 rings (SSSR count). The van der Waals surface area contributed by atoms with E-state index in [2.05, 4.69) is 16.6 Å². The van der Waals surface area contributed by atoms with Crippen LogP contribution in [-0.4, -0.2) is 19.2 Å². The van der Waals surface area contributed by atoms with Gasteiger partial charge in [-0.1, -0.05) is 26.2 Å². The molecule has 0 atom stereocenters. The zero-order valence-electron chi connectivity index (χ0n) is 11.6. The Morgan fingerprint density at radius 1 is 1.37 bits per heavy atom. The van der Waals surface area contributed by atoms with Crippen LogP contribution in [0.3, 0.4) is 0 Å². The molecule has 0 amide bonds. The number of rotatable bonds is 5. The van der Waals surface area contributed by atoms with Gasteiger partial charge in [0.15, 0.2) is 5.89 Å². The van der Waals surface area contributed by atoms with Gasteiger partial charge in [-0.3, -0.25) is 0 Å². The summed E-state index contributed by atoms with van der Waals surface area (Å²) in [5, 5.41) is 0. The Morgan fingerprint density at radius 3 is 2.63 bits per heavy atom. The van der Waals surface area contributed by atoms with Crippen LogP contribution in [0.2, 0.25) is 0 Å². The zero-order chi connectivity index (χ0) is 13.9. The van der Waals surface area contributed by atoms with E-state index in [-0.39, 0.29) is 17.7 Å². The average molecular weight is 286 g/mol. The van der Waals surface area contributed by atoms with Crippen molar-refractivity contribution in [1.29, 1.82) is 0 Å². The normalized spacial score (nSPS) is 19.5. The van der Waals surface area contributed by atoms with E-state index in [1.807, 2.05) is 0 Å². The molecule has 1 saturated carbocycles. The lowest BCUT2D eigenvalue weighted by molar-refractivity contribution is 0.246. The molecule has 1 aliphatic carbocycles. The molecule has 1 aromatic heterocycles. The molecule has 6 heteroatoms. The van der Waals surface area contributed by atoms with E-state index < -0.39 is 10.0 Å². The summed E-state index contributed by atoms with van der Waals surface area (Å²) in [7, 11) is -3.27. The fourth-order valence-corrected chi connectivity index (χ4v) is 4.40. The molecule has 0 unspecified atom stereocenters. The highest BCUT2D eigenvalue weighted by molar-refractivity contribution is 7.89. The molecule has 1 N–H and O–H groups in total. The second-order valence-corrected chi connectivity index (χ2v) is 7.60. The predicted octanol–water partition coefficient (Wildman–Crippen LogP) is 2.37. The van der Waals surface area contributed by atoms with E-state index in [1.165, 1.54) is 6.42 Å². The average Bonchev–Trinajstić information content (AvgIpc) is 2.72. The fraction of sp³-hybridized carbons (Fsp3) is 0.769. The lowest BCUT2D eigenvalue weighted by atomic mass is 9.77. The number of hydrogen-bond donors (Lipinski definition) is 1. The highest BCUT2D eigenvalue weighted by Crippen LogP contribution is 2.36. The largest absolute Gasteiger partial charge is 0.445 e. The van der Waals surface area contributed by atoms with E-state index in [4.69, 9.17) is 4.42 Å². The Bertz CT molecular complexity index is 516. The van der Waals surface area contributed by atoms with Crippen LogP contribution in [0.25, 0.3) is 0 Å². The first-order chi connectivity index (χ1) is 8.89. The van der Waals surface area contributed by atoms with Crippen molar-refractivity contribution in [3.63, 3.8) is 0 Å². The summed E-state index contributed by atoms with van der Waals surface area (Å²) in [5.74, 6) is 1.30. The minimum absolute atomic E-state index is 0.0819. The van der Waals surface area contributed by atoms with Crippen molar-refractivity contribution in [2.24, 2.45) is 5.41 Å². The molecule has 0 spiro atoms. The highest BCUT2D eigenvalue weighted by atomic mass is 32.2. The molecular formula is C13H22N2O3S. The molecule has 108 valence electrons. The third-order valence-electron chi connectivity index (χ3n) is 3.73. The summed E-state index contributed by atoms with van der Waals surface area (Å²) in [5.41, 5.74) is -0.0819. The molecule has 0 aliphatic heterocycles. The second-order valence-electron chi connectivity index (χ2n) is 5.80. The van der Waals surface area contributed by atoms with E-state index in [9.17, 15) is 8.42 Å². The number of nitrogens with zero attached hydrogens (tertiary/aromatic N) is 1. The topological polar surface area (TPSA) is 72.2 Å². The number of sulfonamides is 1. The summed E-state index contributed by atoms with van der Waals surface area (Å²) in [4.78, 5) is 3.95. The lowest BCUT2D eigenvalue weighted by Crippen LogP contribution is -2.36. The van der Waals surface area contributed by atoms with Gasteiger partial charge >= 0.3 is 0 Å². The second kappa shape index (κ2) is 5.63. The van der Waals surface area contributed by atoms with Crippen molar-refractivity contribution < 1.29 is 12.8 Å². The monoisotopic (exact) mass is 286 g/mol. The van der Waals surface area contributed by atoms with Crippen LogP contribution >= 0.6 is 0 Å². The molecule has 0 bridgehead atoms. The van der Waals surface area contributed by atoms with Gasteiger partial charge in [-0.25, -0.2) is 18.1 Å². The molecule has 1 heterocycles. The first-order valence-electron chi connectivity index (χ1n) is 6.77. The lowest BCUT2D eigenvalue weighted by Gasteiger charge is -2.33. The van der Waals surface area contributed by atoms with Crippen molar-refractivity contribution in [2.45, 2.75) is 52.5 Å². The summed E-state index contributed by atoms with van der Waals surface area (Å²) in [6.07, 6.45) is 7.03. The first-order valence-corrected chi connectivity index (χ1v) is 8.42. The number of hydrogen-bond acceptors (Lipinski definition) is 4. The van der Waals surface area contributed by atoms with Crippen molar-refractivity contribution in [2.75, 3.05) is 5.75 Å². The van der Waals surface area contributed by atoms with Gasteiger partial charge in [0.05, 0.1) is 18.5 Å². The van der Waals surface area contributed by atoms with E-state index >= 15 is 0 Å². The van der Waals surface area contributed by atoms with Crippen molar-refractivity contribution in [1.82, 2.24) is 9.71 Å². The van der Waals surface area contributed by atoms with Crippen LogP contribution < -0.4 is 4.72 Å². The molecular weight excluding hydrogens is 264 g/mol. The highest BCUT2D eigenvalue weighted by Gasteiger charge is 2.32. The van der Waals surface area contributed by atoms with Crippen LogP contribution in [0.5, 0.6) is 0 Å². The van der Waals surface area contributed by atoms with Crippen LogP contribution in [0.15, 0.2) is 10.6 Å². The Hall–Kier alpha value is -0.880. The maximum atomic E-state index is 12.1. The zero-order valence-corrected chi connectivity index (χ0v) is 12.4. The van der Waals surface area contributed by atoms with Gasteiger partial charge in [0.1, 0.15) is 5.76 Å². The molecule has 5 nitrogen and oxygen atoms in total. The Morgan fingerprint density at radius 2 is 2.05 bits per heavy atom. The SMILES string of the molecule is Cc1ncc(CNS(=O)(=O)CC2(C)CCCCC2)o1. The van der Waals surface area contributed by atoms with Crippen molar-refractivity contribution in [3.05, 3.63) is 17.8 Å². The maximum Gasteiger partial charge on any atom is 0.212 e. The quantitative estimate of drug-likeness (QED) is 0.902. The van der Waals surface area contributed by atoms with Crippen LogP contribution in [0.1, 0.15) is 50.7 Å². The molecule has 1 aromatic rings. The van der Waals surface area contributed by atoms with Gasteiger partial charge < -0.3 is 4.42 Å². The van der Waals surface area contributed by atoms with Gasteiger partial charge in [0.2, 0.25) is 10.0 Å². The van der Waals surface area contributed by atoms with E-state index in [0.29, 0.717) is 11.7 Å².